The van der Waals surface area contributed by atoms with Gasteiger partial charge in [-0.05, 0) is 30.4 Å². The van der Waals surface area contributed by atoms with Crippen LogP contribution in [0.15, 0.2) is 18.5 Å². The van der Waals surface area contributed by atoms with Crippen molar-refractivity contribution in [3.8, 4) is 0 Å². The van der Waals surface area contributed by atoms with Gasteiger partial charge in [0.1, 0.15) is 0 Å². The average Bonchev–Trinajstić information content (AvgIpc) is 2.30. The summed E-state index contributed by atoms with van der Waals surface area (Å²) in [5.41, 5.74) is 7.20. The molecule has 1 fully saturated rings. The lowest BCUT2D eigenvalue weighted by molar-refractivity contribution is 0.0584. The van der Waals surface area contributed by atoms with Crippen LogP contribution in [-0.2, 0) is 4.74 Å². The van der Waals surface area contributed by atoms with Crippen molar-refractivity contribution in [1.29, 1.82) is 0 Å². The molecule has 0 radical (unpaired) electrons. The summed E-state index contributed by atoms with van der Waals surface area (Å²) in [6, 6.07) is 1.91. The predicted octanol–water partition coefficient (Wildman–Crippen LogP) is 2.16. The molecule has 0 spiro atoms. The minimum atomic E-state index is 0.00407. The van der Waals surface area contributed by atoms with E-state index < -0.39 is 0 Å². The Morgan fingerprint density at radius 2 is 2.20 bits per heavy atom. The summed E-state index contributed by atoms with van der Waals surface area (Å²) in [6.45, 7) is 1.61. The Kier molecular flexibility index (Phi) is 3.57. The summed E-state index contributed by atoms with van der Waals surface area (Å²) >= 11 is 6.06. The second kappa shape index (κ2) is 4.92. The quantitative estimate of drug-likeness (QED) is 0.841. The summed E-state index contributed by atoms with van der Waals surface area (Å²) in [6.07, 6.45) is 5.41. The van der Waals surface area contributed by atoms with E-state index in [1.165, 1.54) is 0 Å². The first-order valence-corrected chi connectivity index (χ1v) is 5.59. The van der Waals surface area contributed by atoms with Gasteiger partial charge in [0, 0.05) is 31.6 Å². The lowest BCUT2D eigenvalue weighted by Crippen LogP contribution is -2.27. The summed E-state index contributed by atoms with van der Waals surface area (Å²) in [7, 11) is 0. The van der Waals surface area contributed by atoms with Crippen molar-refractivity contribution in [2.75, 3.05) is 13.2 Å². The first kappa shape index (κ1) is 10.9. The highest BCUT2D eigenvalue weighted by molar-refractivity contribution is 6.31. The molecule has 4 heteroatoms. The number of hydrogen-bond acceptors (Lipinski definition) is 3. The Bertz CT molecular complexity index is 326. The molecule has 1 atom stereocenters. The van der Waals surface area contributed by atoms with Gasteiger partial charge in [0.05, 0.1) is 5.02 Å². The molecule has 0 amide bonds. The molecule has 0 saturated carbocycles. The fourth-order valence-corrected chi connectivity index (χ4v) is 2.23. The average molecular weight is 227 g/mol. The molecule has 15 heavy (non-hydrogen) atoms. The predicted molar refractivity (Wildman–Crippen MR) is 59.7 cm³/mol. The molecular weight excluding hydrogens is 212 g/mol. The standard InChI is InChI=1S/C11H15ClN2O/c12-10-7-14-4-1-9(10)11(13)8-2-5-15-6-3-8/h1,4,7-8,11H,2-3,5-6,13H2. The number of pyridine rings is 1. The number of nitrogens with two attached hydrogens (primary N) is 1. The Morgan fingerprint density at radius 3 is 2.87 bits per heavy atom. The third kappa shape index (κ3) is 2.48. The van der Waals surface area contributed by atoms with Crippen LogP contribution >= 0.6 is 11.6 Å². The molecule has 2 rings (SSSR count). The van der Waals surface area contributed by atoms with Crippen molar-refractivity contribution in [1.82, 2.24) is 4.98 Å². The minimum absolute atomic E-state index is 0.00407. The first-order chi connectivity index (χ1) is 7.29. The molecule has 2 heterocycles. The SMILES string of the molecule is NC(c1ccncc1Cl)C1CCOCC1. The highest BCUT2D eigenvalue weighted by Gasteiger charge is 2.23. The van der Waals surface area contributed by atoms with E-state index in [2.05, 4.69) is 4.98 Å². The van der Waals surface area contributed by atoms with E-state index in [9.17, 15) is 0 Å². The van der Waals surface area contributed by atoms with Gasteiger partial charge in [-0.2, -0.15) is 0 Å². The van der Waals surface area contributed by atoms with Gasteiger partial charge in [0.2, 0.25) is 0 Å². The molecule has 1 saturated heterocycles. The van der Waals surface area contributed by atoms with Crippen LogP contribution in [0.3, 0.4) is 0 Å². The zero-order chi connectivity index (χ0) is 10.7. The van der Waals surface area contributed by atoms with Crippen LogP contribution in [0.2, 0.25) is 5.02 Å². The highest BCUT2D eigenvalue weighted by Crippen LogP contribution is 2.31. The molecule has 0 bridgehead atoms. The number of aromatic nitrogens is 1. The number of nitrogens with zero attached hydrogens (tertiary/aromatic N) is 1. The monoisotopic (exact) mass is 226 g/mol. The van der Waals surface area contributed by atoms with E-state index in [4.69, 9.17) is 22.1 Å². The van der Waals surface area contributed by atoms with Crippen molar-refractivity contribution in [3.05, 3.63) is 29.0 Å². The van der Waals surface area contributed by atoms with Crippen molar-refractivity contribution >= 4 is 11.6 Å². The Hall–Kier alpha value is -0.640. The van der Waals surface area contributed by atoms with Gasteiger partial charge in [-0.25, -0.2) is 0 Å². The van der Waals surface area contributed by atoms with Gasteiger partial charge < -0.3 is 10.5 Å². The topological polar surface area (TPSA) is 48.1 Å². The molecule has 1 aromatic heterocycles. The van der Waals surface area contributed by atoms with Crippen molar-refractivity contribution < 1.29 is 4.74 Å². The molecule has 3 nitrogen and oxygen atoms in total. The maximum absolute atomic E-state index is 6.20. The highest BCUT2D eigenvalue weighted by atomic mass is 35.5. The van der Waals surface area contributed by atoms with Gasteiger partial charge in [0.25, 0.3) is 0 Å². The van der Waals surface area contributed by atoms with Crippen LogP contribution in [-0.4, -0.2) is 18.2 Å². The maximum Gasteiger partial charge on any atom is 0.0637 e. The van der Waals surface area contributed by atoms with Crippen LogP contribution in [0.5, 0.6) is 0 Å². The van der Waals surface area contributed by atoms with E-state index >= 15 is 0 Å². The molecule has 2 N–H and O–H groups in total. The fraction of sp³-hybridized carbons (Fsp3) is 0.545. The van der Waals surface area contributed by atoms with Crippen LogP contribution in [0.1, 0.15) is 24.4 Å². The van der Waals surface area contributed by atoms with Gasteiger partial charge in [-0.15, -0.1) is 0 Å². The van der Waals surface area contributed by atoms with Gasteiger partial charge in [-0.3, -0.25) is 4.98 Å². The summed E-state index contributed by atoms with van der Waals surface area (Å²) in [5.74, 6) is 0.471. The number of rotatable bonds is 2. The molecule has 1 unspecified atom stereocenters. The number of hydrogen-bond donors (Lipinski definition) is 1. The second-order valence-corrected chi connectivity index (χ2v) is 4.28. The van der Waals surface area contributed by atoms with Gasteiger partial charge in [0.15, 0.2) is 0 Å². The Labute approximate surface area is 94.6 Å². The number of ether oxygens (including phenoxy) is 1. The molecule has 1 aromatic rings. The Morgan fingerprint density at radius 1 is 1.47 bits per heavy atom. The largest absolute Gasteiger partial charge is 0.381 e. The van der Waals surface area contributed by atoms with Crippen LogP contribution in [0, 0.1) is 5.92 Å². The van der Waals surface area contributed by atoms with Crippen LogP contribution in [0.25, 0.3) is 0 Å². The van der Waals surface area contributed by atoms with Crippen LogP contribution < -0.4 is 5.73 Å². The summed E-state index contributed by atoms with van der Waals surface area (Å²) in [4.78, 5) is 3.96. The van der Waals surface area contributed by atoms with Gasteiger partial charge >= 0.3 is 0 Å². The molecule has 82 valence electrons. The van der Waals surface area contributed by atoms with E-state index in [1.54, 1.807) is 12.4 Å². The molecule has 1 aliphatic rings. The van der Waals surface area contributed by atoms with Gasteiger partial charge in [-0.1, -0.05) is 11.6 Å². The van der Waals surface area contributed by atoms with E-state index in [0.717, 1.165) is 31.6 Å². The van der Waals surface area contributed by atoms with Crippen molar-refractivity contribution in [2.24, 2.45) is 11.7 Å². The molecule has 0 aromatic carbocycles. The second-order valence-electron chi connectivity index (χ2n) is 3.87. The molecule has 0 aliphatic carbocycles. The van der Waals surface area contributed by atoms with E-state index in [-0.39, 0.29) is 6.04 Å². The first-order valence-electron chi connectivity index (χ1n) is 5.22. The lowest BCUT2D eigenvalue weighted by atomic mass is 9.88. The zero-order valence-electron chi connectivity index (χ0n) is 8.53. The Balaban J connectivity index is 2.12. The third-order valence-electron chi connectivity index (χ3n) is 2.94. The lowest BCUT2D eigenvalue weighted by Gasteiger charge is -2.28. The molecular formula is C11H15ClN2O. The fourth-order valence-electron chi connectivity index (χ4n) is 1.99. The summed E-state index contributed by atoms with van der Waals surface area (Å²) in [5, 5.41) is 0.663. The smallest absolute Gasteiger partial charge is 0.0637 e. The molecule has 1 aliphatic heterocycles. The normalized spacial score (nSPS) is 20.1. The van der Waals surface area contributed by atoms with E-state index in [1.807, 2.05) is 6.07 Å². The van der Waals surface area contributed by atoms with Crippen molar-refractivity contribution in [3.63, 3.8) is 0 Å². The maximum atomic E-state index is 6.20. The van der Waals surface area contributed by atoms with E-state index in [0.29, 0.717) is 10.9 Å². The number of halogens is 1. The third-order valence-corrected chi connectivity index (χ3v) is 3.25. The summed E-state index contributed by atoms with van der Waals surface area (Å²) < 4.78 is 5.32. The van der Waals surface area contributed by atoms with Crippen molar-refractivity contribution in [2.45, 2.75) is 18.9 Å². The zero-order valence-corrected chi connectivity index (χ0v) is 9.28. The minimum Gasteiger partial charge on any atom is -0.381 e. The van der Waals surface area contributed by atoms with Crippen LogP contribution in [0.4, 0.5) is 0 Å².